The summed E-state index contributed by atoms with van der Waals surface area (Å²) in [5.41, 5.74) is 2.04. The molecular weight excluding hydrogens is 240 g/mol. The van der Waals surface area contributed by atoms with Gasteiger partial charge in [-0.25, -0.2) is 0 Å². The Morgan fingerprint density at radius 3 is 2.68 bits per heavy atom. The van der Waals surface area contributed by atoms with Crippen LogP contribution in [0.2, 0.25) is 0 Å². The van der Waals surface area contributed by atoms with E-state index in [4.69, 9.17) is 14.6 Å². The van der Waals surface area contributed by atoms with E-state index in [-0.39, 0.29) is 6.61 Å². The van der Waals surface area contributed by atoms with Crippen LogP contribution in [0.3, 0.4) is 0 Å². The number of hydrogen-bond acceptors (Lipinski definition) is 3. The molecule has 0 saturated heterocycles. The molecule has 1 aromatic rings. The third kappa shape index (κ3) is 6.28. The first-order chi connectivity index (χ1) is 9.27. The van der Waals surface area contributed by atoms with E-state index in [1.54, 1.807) is 7.11 Å². The van der Waals surface area contributed by atoms with Gasteiger partial charge in [0.25, 0.3) is 0 Å². The zero-order chi connectivity index (χ0) is 13.9. The second-order valence-corrected chi connectivity index (χ2v) is 4.30. The zero-order valence-electron chi connectivity index (χ0n) is 11.7. The highest BCUT2D eigenvalue weighted by molar-refractivity contribution is 5.43. The Morgan fingerprint density at radius 2 is 2.00 bits per heavy atom. The minimum absolute atomic E-state index is 0.106. The number of aliphatic hydroxyl groups excluding tert-OH is 1. The van der Waals surface area contributed by atoms with Gasteiger partial charge in [0.05, 0.1) is 13.2 Å². The third-order valence-corrected chi connectivity index (χ3v) is 2.64. The van der Waals surface area contributed by atoms with Crippen LogP contribution in [0.4, 0.5) is 0 Å². The van der Waals surface area contributed by atoms with Crippen molar-refractivity contribution in [2.45, 2.75) is 26.2 Å². The number of benzene rings is 1. The van der Waals surface area contributed by atoms with Gasteiger partial charge in [-0.3, -0.25) is 0 Å². The van der Waals surface area contributed by atoms with E-state index in [0.29, 0.717) is 13.0 Å². The van der Waals surface area contributed by atoms with Gasteiger partial charge in [-0.05, 0) is 43.5 Å². The van der Waals surface area contributed by atoms with Crippen LogP contribution in [0.15, 0.2) is 18.2 Å². The van der Waals surface area contributed by atoms with Crippen molar-refractivity contribution in [3.8, 4) is 17.6 Å². The van der Waals surface area contributed by atoms with Gasteiger partial charge in [-0.1, -0.05) is 11.8 Å². The number of hydrogen-bond donors (Lipinski definition) is 1. The van der Waals surface area contributed by atoms with Gasteiger partial charge in [-0.2, -0.15) is 0 Å². The summed E-state index contributed by atoms with van der Waals surface area (Å²) in [6.45, 7) is 3.61. The summed E-state index contributed by atoms with van der Waals surface area (Å²) in [7, 11) is 1.71. The lowest BCUT2D eigenvalue weighted by Gasteiger charge is -2.09. The van der Waals surface area contributed by atoms with Crippen LogP contribution in [0, 0.1) is 18.8 Å². The summed E-state index contributed by atoms with van der Waals surface area (Å²) in [4.78, 5) is 0. The highest BCUT2D eigenvalue weighted by Gasteiger charge is 2.00. The molecule has 3 heteroatoms. The van der Waals surface area contributed by atoms with Crippen molar-refractivity contribution < 1.29 is 14.6 Å². The molecule has 0 unspecified atom stereocenters. The van der Waals surface area contributed by atoms with Crippen molar-refractivity contribution in [3.63, 3.8) is 0 Å². The molecule has 1 aromatic carbocycles. The van der Waals surface area contributed by atoms with Crippen LogP contribution in [0.5, 0.6) is 5.75 Å². The van der Waals surface area contributed by atoms with E-state index < -0.39 is 0 Å². The molecule has 0 heterocycles. The van der Waals surface area contributed by atoms with Gasteiger partial charge in [0.15, 0.2) is 0 Å². The molecule has 0 aliphatic heterocycles. The first kappa shape index (κ1) is 15.6. The van der Waals surface area contributed by atoms with Gasteiger partial charge in [0.1, 0.15) is 5.75 Å². The van der Waals surface area contributed by atoms with Crippen LogP contribution < -0.4 is 4.74 Å². The van der Waals surface area contributed by atoms with Gasteiger partial charge in [0, 0.05) is 25.7 Å². The van der Waals surface area contributed by atoms with Crippen molar-refractivity contribution in [1.29, 1.82) is 0 Å². The molecule has 0 bridgehead atoms. The summed E-state index contributed by atoms with van der Waals surface area (Å²) in [5.74, 6) is 6.83. The fraction of sp³-hybridized carbons (Fsp3) is 0.500. The Kier molecular flexibility index (Phi) is 7.72. The number of methoxy groups -OCH3 is 1. The molecule has 0 aliphatic carbocycles. The molecule has 3 nitrogen and oxygen atoms in total. The van der Waals surface area contributed by atoms with E-state index in [2.05, 4.69) is 11.8 Å². The van der Waals surface area contributed by atoms with Gasteiger partial charge >= 0.3 is 0 Å². The Bertz CT molecular complexity index is 429. The first-order valence-electron chi connectivity index (χ1n) is 6.60. The fourth-order valence-corrected chi connectivity index (χ4v) is 1.64. The summed E-state index contributed by atoms with van der Waals surface area (Å²) in [6, 6.07) is 5.91. The lowest BCUT2D eigenvalue weighted by molar-refractivity contribution is 0.184. The summed E-state index contributed by atoms with van der Waals surface area (Å²) in [6.07, 6.45) is 2.52. The van der Waals surface area contributed by atoms with Crippen LogP contribution in [-0.4, -0.2) is 32.0 Å². The normalized spacial score (nSPS) is 9.84. The lowest BCUT2D eigenvalue weighted by Crippen LogP contribution is -2.00. The number of aliphatic hydroxyl groups is 1. The molecule has 0 atom stereocenters. The van der Waals surface area contributed by atoms with Gasteiger partial charge < -0.3 is 14.6 Å². The van der Waals surface area contributed by atoms with E-state index in [0.717, 1.165) is 36.3 Å². The molecule has 1 rings (SSSR count). The maximum Gasteiger partial charge on any atom is 0.122 e. The monoisotopic (exact) mass is 262 g/mol. The number of ether oxygens (including phenoxy) is 2. The quantitative estimate of drug-likeness (QED) is 0.606. The summed E-state index contributed by atoms with van der Waals surface area (Å²) < 4.78 is 10.7. The summed E-state index contributed by atoms with van der Waals surface area (Å²) >= 11 is 0. The standard InChI is InChI=1S/C16H22O3/c1-14-13-15(7-3-4-10-17)8-9-16(14)19-12-6-5-11-18-2/h8-9,13,17H,4-6,10-12H2,1-2H3. The molecule has 0 aliphatic rings. The predicted octanol–water partition coefficient (Wildman–Crippen LogP) is 2.53. The average Bonchev–Trinajstić information content (AvgIpc) is 2.41. The van der Waals surface area contributed by atoms with E-state index in [1.807, 2.05) is 25.1 Å². The predicted molar refractivity (Wildman–Crippen MR) is 76.4 cm³/mol. The second kappa shape index (κ2) is 9.43. The third-order valence-electron chi connectivity index (χ3n) is 2.64. The van der Waals surface area contributed by atoms with Crippen molar-refractivity contribution in [3.05, 3.63) is 29.3 Å². The molecule has 0 spiro atoms. The molecule has 104 valence electrons. The van der Waals surface area contributed by atoms with Crippen molar-refractivity contribution >= 4 is 0 Å². The average molecular weight is 262 g/mol. The van der Waals surface area contributed by atoms with Crippen LogP contribution in [-0.2, 0) is 4.74 Å². The SMILES string of the molecule is COCCCCOc1ccc(C#CCCO)cc1C. The number of aryl methyl sites for hydroxylation is 1. The van der Waals surface area contributed by atoms with Crippen LogP contribution >= 0.6 is 0 Å². The molecule has 0 aromatic heterocycles. The molecular formula is C16H22O3. The fourth-order valence-electron chi connectivity index (χ4n) is 1.64. The maximum absolute atomic E-state index is 8.67. The Morgan fingerprint density at radius 1 is 1.21 bits per heavy atom. The van der Waals surface area contributed by atoms with Crippen molar-refractivity contribution in [2.75, 3.05) is 26.9 Å². The smallest absolute Gasteiger partial charge is 0.122 e. The van der Waals surface area contributed by atoms with E-state index >= 15 is 0 Å². The lowest BCUT2D eigenvalue weighted by atomic mass is 10.1. The molecule has 19 heavy (non-hydrogen) atoms. The minimum Gasteiger partial charge on any atom is -0.493 e. The van der Waals surface area contributed by atoms with Crippen molar-refractivity contribution in [1.82, 2.24) is 0 Å². The maximum atomic E-state index is 8.67. The zero-order valence-corrected chi connectivity index (χ0v) is 11.7. The number of rotatable bonds is 7. The molecule has 0 radical (unpaired) electrons. The van der Waals surface area contributed by atoms with Gasteiger partial charge in [-0.15, -0.1) is 0 Å². The Labute approximate surface area is 115 Å². The van der Waals surface area contributed by atoms with Crippen molar-refractivity contribution in [2.24, 2.45) is 0 Å². The van der Waals surface area contributed by atoms with Gasteiger partial charge in [0.2, 0.25) is 0 Å². The van der Waals surface area contributed by atoms with E-state index in [1.165, 1.54) is 0 Å². The topological polar surface area (TPSA) is 38.7 Å². The summed E-state index contributed by atoms with van der Waals surface area (Å²) in [5, 5.41) is 8.67. The Balaban J connectivity index is 2.46. The van der Waals surface area contributed by atoms with E-state index in [9.17, 15) is 0 Å². The second-order valence-electron chi connectivity index (χ2n) is 4.30. The molecule has 0 saturated carbocycles. The largest absolute Gasteiger partial charge is 0.493 e. The Hall–Kier alpha value is -1.50. The number of unbranched alkanes of at least 4 members (excludes halogenated alkanes) is 1. The van der Waals surface area contributed by atoms with Crippen LogP contribution in [0.25, 0.3) is 0 Å². The molecule has 1 N–H and O–H groups in total. The minimum atomic E-state index is 0.106. The molecule has 0 amide bonds. The molecule has 0 fully saturated rings. The highest BCUT2D eigenvalue weighted by Crippen LogP contribution is 2.19. The highest BCUT2D eigenvalue weighted by atomic mass is 16.5. The van der Waals surface area contributed by atoms with Crippen LogP contribution in [0.1, 0.15) is 30.4 Å². The first-order valence-corrected chi connectivity index (χ1v) is 6.60.